The van der Waals surface area contributed by atoms with E-state index in [1.165, 1.54) is 4.90 Å². The fraction of sp³-hybridized carbons (Fsp3) is 0.111. The third kappa shape index (κ3) is 3.12. The summed E-state index contributed by atoms with van der Waals surface area (Å²) >= 11 is 5.98. The average molecular weight is 327 g/mol. The molecular weight excluding hydrogens is 312 g/mol. The van der Waals surface area contributed by atoms with Gasteiger partial charge in [-0.1, -0.05) is 41.9 Å². The van der Waals surface area contributed by atoms with Crippen molar-refractivity contribution in [3.8, 4) is 0 Å². The molecule has 116 valence electrons. The predicted molar refractivity (Wildman–Crippen MR) is 90.6 cm³/mol. The lowest BCUT2D eigenvalue weighted by Crippen LogP contribution is -2.32. The molecule has 0 bridgehead atoms. The second-order valence-electron chi connectivity index (χ2n) is 5.37. The Morgan fingerprint density at radius 2 is 1.87 bits per heavy atom. The largest absolute Gasteiger partial charge is 0.360 e. The van der Waals surface area contributed by atoms with Gasteiger partial charge in [0.1, 0.15) is 0 Å². The van der Waals surface area contributed by atoms with E-state index in [1.54, 1.807) is 31.4 Å². The van der Waals surface area contributed by atoms with E-state index < -0.39 is 11.7 Å². The SMILES string of the molecule is CN(Cc1ccccc1)C(=O)C(=O)c1c[nH]c2ccc(Cl)cc12. The number of nitrogens with zero attached hydrogens (tertiary/aromatic N) is 1. The molecule has 23 heavy (non-hydrogen) atoms. The van der Waals surface area contributed by atoms with Crippen LogP contribution in [0.4, 0.5) is 0 Å². The summed E-state index contributed by atoms with van der Waals surface area (Å²) in [4.78, 5) is 29.3. The summed E-state index contributed by atoms with van der Waals surface area (Å²) in [6.45, 7) is 0.383. The molecule has 0 aliphatic carbocycles. The molecular formula is C18H15ClN2O2. The summed E-state index contributed by atoms with van der Waals surface area (Å²) in [5.74, 6) is -1.09. The van der Waals surface area contributed by atoms with Crippen molar-refractivity contribution in [2.24, 2.45) is 0 Å². The van der Waals surface area contributed by atoms with Crippen LogP contribution in [0.25, 0.3) is 10.9 Å². The van der Waals surface area contributed by atoms with Crippen LogP contribution in [-0.2, 0) is 11.3 Å². The minimum absolute atomic E-state index is 0.340. The Kier molecular flexibility index (Phi) is 4.17. The normalized spacial score (nSPS) is 10.7. The summed E-state index contributed by atoms with van der Waals surface area (Å²) in [6, 6.07) is 14.7. The van der Waals surface area contributed by atoms with Crippen molar-refractivity contribution >= 4 is 34.2 Å². The molecule has 1 aromatic heterocycles. The number of fused-ring (bicyclic) bond motifs is 1. The van der Waals surface area contributed by atoms with Gasteiger partial charge in [-0.05, 0) is 23.8 Å². The lowest BCUT2D eigenvalue weighted by molar-refractivity contribution is -0.125. The van der Waals surface area contributed by atoms with Crippen LogP contribution < -0.4 is 0 Å². The fourth-order valence-electron chi connectivity index (χ4n) is 2.50. The maximum absolute atomic E-state index is 12.5. The minimum atomic E-state index is -0.547. The van der Waals surface area contributed by atoms with Crippen molar-refractivity contribution in [3.63, 3.8) is 0 Å². The second kappa shape index (κ2) is 6.26. The molecule has 4 nitrogen and oxygen atoms in total. The molecule has 0 saturated carbocycles. The van der Waals surface area contributed by atoms with Crippen molar-refractivity contribution < 1.29 is 9.59 Å². The number of aromatic nitrogens is 1. The molecule has 0 unspecified atom stereocenters. The zero-order valence-electron chi connectivity index (χ0n) is 12.5. The highest BCUT2D eigenvalue weighted by molar-refractivity contribution is 6.45. The number of halogens is 1. The standard InChI is InChI=1S/C18H15ClN2O2/c1-21(11-12-5-3-2-4-6-12)18(23)17(22)15-10-20-16-8-7-13(19)9-14(15)16/h2-10,20H,11H2,1H3. The number of likely N-dealkylation sites (N-methyl/N-ethyl adjacent to an activating group) is 1. The molecule has 0 spiro atoms. The third-order valence-corrected chi connectivity index (χ3v) is 3.93. The minimum Gasteiger partial charge on any atom is -0.360 e. The van der Waals surface area contributed by atoms with Gasteiger partial charge in [-0.2, -0.15) is 0 Å². The molecule has 3 aromatic rings. The number of hydrogen-bond acceptors (Lipinski definition) is 2. The number of carbonyl (C=O) groups is 2. The molecule has 5 heteroatoms. The molecule has 0 aliphatic rings. The molecule has 0 aliphatic heterocycles. The van der Waals surface area contributed by atoms with Gasteiger partial charge in [0.15, 0.2) is 0 Å². The Bertz CT molecular complexity index is 871. The van der Waals surface area contributed by atoms with Crippen LogP contribution in [0.5, 0.6) is 0 Å². The molecule has 1 amide bonds. The number of nitrogens with one attached hydrogen (secondary N) is 1. The first-order valence-electron chi connectivity index (χ1n) is 7.16. The Hall–Kier alpha value is -2.59. The monoisotopic (exact) mass is 326 g/mol. The van der Waals surface area contributed by atoms with Crippen molar-refractivity contribution in [3.05, 3.63) is 70.9 Å². The van der Waals surface area contributed by atoms with Gasteiger partial charge in [-0.15, -0.1) is 0 Å². The molecule has 0 saturated heterocycles. The number of amides is 1. The summed E-state index contributed by atoms with van der Waals surface area (Å²) in [6.07, 6.45) is 1.55. The molecule has 1 heterocycles. The van der Waals surface area contributed by atoms with E-state index in [0.29, 0.717) is 22.5 Å². The molecule has 1 N–H and O–H groups in total. The van der Waals surface area contributed by atoms with Crippen molar-refractivity contribution in [2.45, 2.75) is 6.54 Å². The number of aromatic amines is 1. The van der Waals surface area contributed by atoms with E-state index in [-0.39, 0.29) is 0 Å². The van der Waals surface area contributed by atoms with Crippen LogP contribution >= 0.6 is 11.6 Å². The number of rotatable bonds is 4. The van der Waals surface area contributed by atoms with Crippen molar-refractivity contribution in [1.82, 2.24) is 9.88 Å². The van der Waals surface area contributed by atoms with Gasteiger partial charge in [-0.3, -0.25) is 9.59 Å². The zero-order chi connectivity index (χ0) is 16.4. The van der Waals surface area contributed by atoms with Gasteiger partial charge in [-0.25, -0.2) is 0 Å². The Balaban J connectivity index is 1.83. The van der Waals surface area contributed by atoms with Crippen LogP contribution in [0.3, 0.4) is 0 Å². The van der Waals surface area contributed by atoms with E-state index in [1.807, 2.05) is 30.3 Å². The summed E-state index contributed by atoms with van der Waals surface area (Å²) in [7, 11) is 1.62. The van der Waals surface area contributed by atoms with Crippen LogP contribution in [-0.4, -0.2) is 28.6 Å². The summed E-state index contributed by atoms with van der Waals surface area (Å²) in [5, 5.41) is 1.18. The quantitative estimate of drug-likeness (QED) is 0.587. The topological polar surface area (TPSA) is 53.2 Å². The Morgan fingerprint density at radius 1 is 1.13 bits per heavy atom. The second-order valence-corrected chi connectivity index (χ2v) is 5.80. The smallest absolute Gasteiger partial charge is 0.295 e. The third-order valence-electron chi connectivity index (χ3n) is 3.69. The van der Waals surface area contributed by atoms with Crippen LogP contribution in [0.2, 0.25) is 5.02 Å². The number of carbonyl (C=O) groups excluding carboxylic acids is 2. The molecule has 3 rings (SSSR count). The number of ketones is 1. The summed E-state index contributed by atoms with van der Waals surface area (Å²) in [5.41, 5.74) is 2.08. The lowest BCUT2D eigenvalue weighted by atomic mass is 10.1. The first-order valence-corrected chi connectivity index (χ1v) is 7.54. The number of hydrogen-bond donors (Lipinski definition) is 1. The lowest BCUT2D eigenvalue weighted by Gasteiger charge is -2.16. The number of Topliss-reactive ketones (excluding diaryl/α,β-unsaturated/α-hetero) is 1. The first-order chi connectivity index (χ1) is 11.1. The fourth-order valence-corrected chi connectivity index (χ4v) is 2.67. The number of H-pyrrole nitrogens is 1. The average Bonchev–Trinajstić information content (AvgIpc) is 2.97. The molecule has 0 radical (unpaired) electrons. The van der Waals surface area contributed by atoms with Gasteiger partial charge in [0.05, 0.1) is 5.56 Å². The van der Waals surface area contributed by atoms with E-state index in [4.69, 9.17) is 11.6 Å². The van der Waals surface area contributed by atoms with Crippen molar-refractivity contribution in [1.29, 1.82) is 0 Å². The van der Waals surface area contributed by atoms with Crippen LogP contribution in [0.15, 0.2) is 54.7 Å². The molecule has 0 fully saturated rings. The first kappa shape index (κ1) is 15.3. The maximum atomic E-state index is 12.5. The zero-order valence-corrected chi connectivity index (χ0v) is 13.3. The van der Waals surface area contributed by atoms with Gasteiger partial charge >= 0.3 is 0 Å². The van der Waals surface area contributed by atoms with Gasteiger partial charge < -0.3 is 9.88 Å². The van der Waals surface area contributed by atoms with E-state index >= 15 is 0 Å². The predicted octanol–water partition coefficient (Wildman–Crippen LogP) is 3.66. The highest BCUT2D eigenvalue weighted by atomic mass is 35.5. The van der Waals surface area contributed by atoms with Gasteiger partial charge in [0, 0.05) is 35.7 Å². The Morgan fingerprint density at radius 3 is 2.61 bits per heavy atom. The van der Waals surface area contributed by atoms with E-state index in [2.05, 4.69) is 4.98 Å². The molecule has 0 atom stereocenters. The molecule has 2 aromatic carbocycles. The Labute approximate surface area is 138 Å². The van der Waals surface area contributed by atoms with E-state index in [9.17, 15) is 9.59 Å². The highest BCUT2D eigenvalue weighted by Gasteiger charge is 2.23. The van der Waals surface area contributed by atoms with Gasteiger partial charge in [0.2, 0.25) is 0 Å². The summed E-state index contributed by atoms with van der Waals surface area (Å²) < 4.78 is 0. The van der Waals surface area contributed by atoms with Crippen molar-refractivity contribution in [2.75, 3.05) is 7.05 Å². The highest BCUT2D eigenvalue weighted by Crippen LogP contribution is 2.23. The van der Waals surface area contributed by atoms with Gasteiger partial charge in [0.25, 0.3) is 11.7 Å². The van der Waals surface area contributed by atoms with Crippen LogP contribution in [0.1, 0.15) is 15.9 Å². The number of benzene rings is 2. The van der Waals surface area contributed by atoms with Crippen LogP contribution in [0, 0.1) is 0 Å². The van der Waals surface area contributed by atoms with E-state index in [0.717, 1.165) is 11.1 Å². The maximum Gasteiger partial charge on any atom is 0.295 e.